The molecule has 124 valence electrons. The van der Waals surface area contributed by atoms with Gasteiger partial charge in [0.15, 0.2) is 0 Å². The van der Waals surface area contributed by atoms with Crippen LogP contribution in [0.15, 0.2) is 41.6 Å². The third-order valence-electron chi connectivity index (χ3n) is 5.89. The Bertz CT molecular complexity index is 679. The van der Waals surface area contributed by atoms with E-state index < -0.39 is 8.07 Å². The molecule has 0 heterocycles. The summed E-state index contributed by atoms with van der Waals surface area (Å²) in [7, 11) is -1.45. The minimum atomic E-state index is -1.45. The molecule has 1 aromatic carbocycles. The van der Waals surface area contributed by atoms with E-state index >= 15 is 0 Å². The SMILES string of the molecule is C=C1C(c2cccc(C)c2)=C([Si](C)(C)C)C[C@@]2(C)C[C@@H](O)C[C@H]12. The van der Waals surface area contributed by atoms with Crippen molar-refractivity contribution in [3.63, 3.8) is 0 Å². The molecule has 0 radical (unpaired) electrons. The first-order valence-corrected chi connectivity index (χ1v) is 12.3. The second-order valence-corrected chi connectivity index (χ2v) is 14.1. The average Bonchev–Trinajstić information content (AvgIpc) is 2.72. The molecule has 1 saturated carbocycles. The lowest BCUT2D eigenvalue weighted by Gasteiger charge is -2.44. The molecular formula is C21H30OSi. The standard InChI is InChI=1S/C21H30OSi/c1-14-8-7-9-16(10-14)20-15(2)18-11-17(22)12-21(18,3)13-19(20)23(4,5)6/h7-10,17-18,22H,2,11-13H2,1,3-6H3/t17-,18+,21+/m0/s1. The van der Waals surface area contributed by atoms with Crippen molar-refractivity contribution in [3.8, 4) is 0 Å². The van der Waals surface area contributed by atoms with Gasteiger partial charge in [0.2, 0.25) is 0 Å². The van der Waals surface area contributed by atoms with E-state index in [1.807, 2.05) is 0 Å². The van der Waals surface area contributed by atoms with Gasteiger partial charge in [-0.05, 0) is 54.2 Å². The van der Waals surface area contributed by atoms with Gasteiger partial charge in [-0.25, -0.2) is 0 Å². The molecule has 1 aromatic rings. The molecule has 0 bridgehead atoms. The van der Waals surface area contributed by atoms with Crippen LogP contribution in [-0.2, 0) is 0 Å². The fraction of sp³-hybridized carbons (Fsp3) is 0.524. The minimum absolute atomic E-state index is 0.165. The van der Waals surface area contributed by atoms with Crippen molar-refractivity contribution in [1.82, 2.24) is 0 Å². The van der Waals surface area contributed by atoms with E-state index in [1.54, 1.807) is 5.20 Å². The Morgan fingerprint density at radius 3 is 2.57 bits per heavy atom. The van der Waals surface area contributed by atoms with Crippen LogP contribution in [0.5, 0.6) is 0 Å². The lowest BCUT2D eigenvalue weighted by Crippen LogP contribution is -2.37. The number of aryl methyl sites for hydroxylation is 1. The fourth-order valence-corrected chi connectivity index (χ4v) is 6.73. The van der Waals surface area contributed by atoms with Gasteiger partial charge in [-0.1, -0.05) is 68.2 Å². The molecule has 0 unspecified atom stereocenters. The number of fused-ring (bicyclic) bond motifs is 1. The second kappa shape index (κ2) is 5.46. The quantitative estimate of drug-likeness (QED) is 0.725. The highest BCUT2D eigenvalue weighted by atomic mass is 28.3. The summed E-state index contributed by atoms with van der Waals surface area (Å²) in [6.07, 6.45) is 2.77. The van der Waals surface area contributed by atoms with Gasteiger partial charge in [-0.15, -0.1) is 0 Å². The van der Waals surface area contributed by atoms with Crippen LogP contribution in [0.2, 0.25) is 19.6 Å². The van der Waals surface area contributed by atoms with E-state index in [9.17, 15) is 5.11 Å². The average molecular weight is 327 g/mol. The topological polar surface area (TPSA) is 20.2 Å². The highest BCUT2D eigenvalue weighted by Crippen LogP contribution is 2.58. The van der Waals surface area contributed by atoms with Gasteiger partial charge in [-0.3, -0.25) is 0 Å². The highest BCUT2D eigenvalue weighted by molar-refractivity contribution is 6.84. The highest BCUT2D eigenvalue weighted by Gasteiger charge is 2.50. The predicted octanol–water partition coefficient (Wildman–Crippen LogP) is 5.36. The van der Waals surface area contributed by atoms with E-state index in [0.717, 1.165) is 19.3 Å². The van der Waals surface area contributed by atoms with Crippen molar-refractivity contribution in [3.05, 3.63) is 52.7 Å². The summed E-state index contributed by atoms with van der Waals surface area (Å²) < 4.78 is 0. The molecule has 0 aromatic heterocycles. The van der Waals surface area contributed by atoms with Crippen LogP contribution in [0.1, 0.15) is 37.3 Å². The zero-order chi connectivity index (χ0) is 17.0. The second-order valence-electron chi connectivity index (χ2n) is 8.98. The van der Waals surface area contributed by atoms with Crippen LogP contribution < -0.4 is 0 Å². The van der Waals surface area contributed by atoms with Gasteiger partial charge in [0.25, 0.3) is 0 Å². The number of benzene rings is 1. The monoisotopic (exact) mass is 326 g/mol. The lowest BCUT2D eigenvalue weighted by molar-refractivity contribution is 0.163. The van der Waals surface area contributed by atoms with Gasteiger partial charge >= 0.3 is 0 Å². The number of allylic oxidation sites excluding steroid dienone is 3. The first-order valence-electron chi connectivity index (χ1n) is 8.80. The maximum Gasteiger partial charge on any atom is 0.0732 e. The van der Waals surface area contributed by atoms with Gasteiger partial charge in [-0.2, -0.15) is 0 Å². The zero-order valence-electron chi connectivity index (χ0n) is 15.2. The number of hydrogen-bond donors (Lipinski definition) is 1. The van der Waals surface area contributed by atoms with Crippen molar-refractivity contribution in [2.45, 2.75) is 58.9 Å². The molecule has 1 fully saturated rings. The number of rotatable bonds is 2. The fourth-order valence-electron chi connectivity index (χ4n) is 4.74. The van der Waals surface area contributed by atoms with Gasteiger partial charge in [0.05, 0.1) is 14.2 Å². The summed E-state index contributed by atoms with van der Waals surface area (Å²) in [5.74, 6) is 0.424. The summed E-state index contributed by atoms with van der Waals surface area (Å²) in [4.78, 5) is 0. The maximum absolute atomic E-state index is 10.3. The summed E-state index contributed by atoms with van der Waals surface area (Å²) in [5, 5.41) is 11.9. The predicted molar refractivity (Wildman–Crippen MR) is 102 cm³/mol. The molecule has 2 heteroatoms. The molecule has 1 N–H and O–H groups in total. The molecule has 0 saturated heterocycles. The summed E-state index contributed by atoms with van der Waals surface area (Å²) in [6, 6.07) is 8.85. The first kappa shape index (κ1) is 16.7. The van der Waals surface area contributed by atoms with Crippen molar-refractivity contribution in [1.29, 1.82) is 0 Å². The van der Waals surface area contributed by atoms with Crippen molar-refractivity contribution in [2.24, 2.45) is 11.3 Å². The van der Waals surface area contributed by atoms with Gasteiger partial charge in [0, 0.05) is 0 Å². The van der Waals surface area contributed by atoms with E-state index in [2.05, 4.69) is 64.3 Å². The molecule has 2 aliphatic rings. The number of aliphatic hydroxyl groups excluding tert-OH is 1. The van der Waals surface area contributed by atoms with Crippen molar-refractivity contribution < 1.29 is 5.11 Å². The molecule has 3 atom stereocenters. The Labute approximate surface area is 142 Å². The van der Waals surface area contributed by atoms with Crippen LogP contribution >= 0.6 is 0 Å². The maximum atomic E-state index is 10.3. The molecule has 23 heavy (non-hydrogen) atoms. The van der Waals surface area contributed by atoms with Crippen LogP contribution in [0, 0.1) is 18.3 Å². The summed E-state index contributed by atoms with van der Waals surface area (Å²) >= 11 is 0. The first-order chi connectivity index (χ1) is 10.6. The minimum Gasteiger partial charge on any atom is -0.393 e. The van der Waals surface area contributed by atoms with Crippen LogP contribution in [0.25, 0.3) is 5.57 Å². The van der Waals surface area contributed by atoms with Gasteiger partial charge in [0.1, 0.15) is 0 Å². The van der Waals surface area contributed by atoms with Crippen molar-refractivity contribution in [2.75, 3.05) is 0 Å². The summed E-state index contributed by atoms with van der Waals surface area (Å²) in [6.45, 7) is 16.4. The summed E-state index contributed by atoms with van der Waals surface area (Å²) in [5.41, 5.74) is 5.52. The van der Waals surface area contributed by atoms with E-state index in [-0.39, 0.29) is 11.5 Å². The molecule has 3 rings (SSSR count). The third kappa shape index (κ3) is 2.87. The number of aliphatic hydroxyl groups is 1. The van der Waals surface area contributed by atoms with Crippen molar-refractivity contribution >= 4 is 13.6 Å². The molecule has 1 nitrogen and oxygen atoms in total. The van der Waals surface area contributed by atoms with E-state index in [0.29, 0.717) is 5.92 Å². The smallest absolute Gasteiger partial charge is 0.0732 e. The number of hydrogen-bond acceptors (Lipinski definition) is 1. The Kier molecular flexibility index (Phi) is 3.97. The Hall–Kier alpha value is -1.12. The Balaban J connectivity index is 2.19. The van der Waals surface area contributed by atoms with Crippen LogP contribution in [0.4, 0.5) is 0 Å². The molecule has 0 amide bonds. The lowest BCUT2D eigenvalue weighted by atomic mass is 9.67. The largest absolute Gasteiger partial charge is 0.393 e. The van der Waals surface area contributed by atoms with E-state index in [1.165, 1.54) is 22.3 Å². The molecule has 2 aliphatic carbocycles. The van der Waals surface area contributed by atoms with Crippen LogP contribution in [0.3, 0.4) is 0 Å². The van der Waals surface area contributed by atoms with E-state index in [4.69, 9.17) is 0 Å². The molecule has 0 spiro atoms. The molecule has 0 aliphatic heterocycles. The Morgan fingerprint density at radius 2 is 1.96 bits per heavy atom. The molecular weight excluding hydrogens is 296 g/mol. The van der Waals surface area contributed by atoms with Crippen LogP contribution in [-0.4, -0.2) is 19.3 Å². The Morgan fingerprint density at radius 1 is 1.26 bits per heavy atom. The third-order valence-corrected chi connectivity index (χ3v) is 8.12. The normalized spacial score (nSPS) is 31.5. The zero-order valence-corrected chi connectivity index (χ0v) is 16.2. The van der Waals surface area contributed by atoms with Gasteiger partial charge < -0.3 is 5.11 Å².